The zero-order chi connectivity index (χ0) is 21.1. The Kier molecular flexibility index (Phi) is 6.07. The fraction of sp³-hybridized carbons (Fsp3) is 0.300. The van der Waals surface area contributed by atoms with Gasteiger partial charge in [0.05, 0.1) is 17.7 Å². The van der Waals surface area contributed by atoms with Crippen molar-refractivity contribution in [2.45, 2.75) is 27.2 Å². The van der Waals surface area contributed by atoms with Gasteiger partial charge in [-0.3, -0.25) is 9.59 Å². The molecule has 0 spiro atoms. The van der Waals surface area contributed by atoms with Crippen molar-refractivity contribution in [3.05, 3.63) is 51.5 Å². The van der Waals surface area contributed by atoms with E-state index in [1.807, 2.05) is 13.8 Å². The molecule has 3 rings (SSSR count). The van der Waals surface area contributed by atoms with Crippen molar-refractivity contribution in [3.8, 4) is 5.69 Å². The predicted octanol–water partition coefficient (Wildman–Crippen LogP) is 3.75. The van der Waals surface area contributed by atoms with Gasteiger partial charge in [-0.05, 0) is 31.0 Å². The number of nitrogens with zero attached hydrogens (tertiary/aromatic N) is 2. The van der Waals surface area contributed by atoms with Crippen molar-refractivity contribution in [2.24, 2.45) is 5.92 Å². The lowest BCUT2D eigenvalue weighted by Crippen LogP contribution is -2.25. The number of ether oxygens (including phenoxy) is 1. The van der Waals surface area contributed by atoms with Crippen LogP contribution in [0.5, 0.6) is 0 Å². The van der Waals surface area contributed by atoms with Crippen LogP contribution in [0.4, 0.5) is 9.39 Å². The maximum atomic E-state index is 13.7. The van der Waals surface area contributed by atoms with Crippen LogP contribution >= 0.6 is 11.3 Å². The molecule has 0 saturated heterocycles. The molecule has 1 aromatic carbocycles. The van der Waals surface area contributed by atoms with Crippen molar-refractivity contribution in [3.63, 3.8) is 0 Å². The number of thiophene rings is 1. The average molecular weight is 417 g/mol. The van der Waals surface area contributed by atoms with Gasteiger partial charge in [0, 0.05) is 17.2 Å². The molecule has 2 aromatic heterocycles. The number of rotatable bonds is 6. The molecule has 152 valence electrons. The molecule has 0 aliphatic rings. The van der Waals surface area contributed by atoms with Crippen LogP contribution in [-0.2, 0) is 9.53 Å². The zero-order valence-electron chi connectivity index (χ0n) is 16.2. The minimum atomic E-state index is -0.708. The predicted molar refractivity (Wildman–Crippen MR) is 109 cm³/mol. The van der Waals surface area contributed by atoms with E-state index in [0.717, 1.165) is 22.1 Å². The molecule has 1 N–H and O–H groups in total. The second-order valence-corrected chi connectivity index (χ2v) is 7.65. The third-order valence-electron chi connectivity index (χ3n) is 4.02. The summed E-state index contributed by atoms with van der Waals surface area (Å²) in [5.41, 5.74) is -0.487. The van der Waals surface area contributed by atoms with Crippen molar-refractivity contribution < 1.29 is 18.7 Å². The molecule has 0 fully saturated rings. The van der Waals surface area contributed by atoms with E-state index >= 15 is 0 Å². The smallest absolute Gasteiger partial charge is 0.359 e. The summed E-state index contributed by atoms with van der Waals surface area (Å²) in [7, 11) is 0. The first-order valence-electron chi connectivity index (χ1n) is 9.09. The molecule has 0 bridgehead atoms. The first-order valence-corrected chi connectivity index (χ1v) is 9.97. The van der Waals surface area contributed by atoms with Gasteiger partial charge < -0.3 is 10.1 Å². The van der Waals surface area contributed by atoms with E-state index in [-0.39, 0.29) is 47.0 Å². The normalized spacial score (nSPS) is 11.1. The Morgan fingerprint density at radius 1 is 1.34 bits per heavy atom. The summed E-state index contributed by atoms with van der Waals surface area (Å²) in [6.07, 6.45) is 0.285. The molecule has 1 amide bonds. The van der Waals surface area contributed by atoms with Crippen LogP contribution in [0.25, 0.3) is 16.5 Å². The molecule has 0 aliphatic heterocycles. The minimum absolute atomic E-state index is 0.0775. The highest BCUT2D eigenvalue weighted by molar-refractivity contribution is 7.16. The van der Waals surface area contributed by atoms with Gasteiger partial charge in [0.15, 0.2) is 5.69 Å². The van der Waals surface area contributed by atoms with Gasteiger partial charge in [-0.2, -0.15) is 9.78 Å². The molecule has 3 aromatic rings. The van der Waals surface area contributed by atoms with E-state index in [2.05, 4.69) is 10.4 Å². The lowest BCUT2D eigenvalue weighted by Gasteiger charge is -2.10. The third-order valence-corrected chi connectivity index (χ3v) is 4.92. The lowest BCUT2D eigenvalue weighted by molar-refractivity contribution is -0.116. The van der Waals surface area contributed by atoms with Crippen molar-refractivity contribution >= 4 is 39.0 Å². The first kappa shape index (κ1) is 20.7. The Balaban J connectivity index is 2.22. The molecule has 0 radical (unpaired) electrons. The number of hydrogen-bond donors (Lipinski definition) is 1. The first-order chi connectivity index (χ1) is 13.8. The summed E-state index contributed by atoms with van der Waals surface area (Å²) in [5, 5.41) is 9.18. The van der Waals surface area contributed by atoms with Crippen molar-refractivity contribution in [1.82, 2.24) is 9.78 Å². The Morgan fingerprint density at radius 3 is 2.76 bits per heavy atom. The zero-order valence-corrected chi connectivity index (χ0v) is 17.0. The summed E-state index contributed by atoms with van der Waals surface area (Å²) in [5.74, 6) is -1.36. The Hall–Kier alpha value is -3.07. The molecule has 2 heterocycles. The molecule has 0 unspecified atom stereocenters. The summed E-state index contributed by atoms with van der Waals surface area (Å²) in [4.78, 5) is 37.8. The number of hydrogen-bond acceptors (Lipinski definition) is 6. The number of amides is 1. The Morgan fingerprint density at radius 2 is 2.10 bits per heavy atom. The van der Waals surface area contributed by atoms with Gasteiger partial charge in [0.2, 0.25) is 5.91 Å². The summed E-state index contributed by atoms with van der Waals surface area (Å²) in [6.45, 7) is 5.60. The average Bonchev–Trinajstić information content (AvgIpc) is 3.05. The molecule has 7 nitrogen and oxygen atoms in total. The maximum Gasteiger partial charge on any atom is 0.359 e. The number of nitrogens with one attached hydrogen (secondary N) is 1. The highest BCUT2D eigenvalue weighted by atomic mass is 32.1. The van der Waals surface area contributed by atoms with Gasteiger partial charge in [0.1, 0.15) is 10.8 Å². The van der Waals surface area contributed by atoms with E-state index < -0.39 is 17.3 Å². The van der Waals surface area contributed by atoms with Crippen LogP contribution in [0.1, 0.15) is 37.7 Å². The lowest BCUT2D eigenvalue weighted by atomic mass is 10.1. The topological polar surface area (TPSA) is 90.3 Å². The van der Waals surface area contributed by atoms with Gasteiger partial charge >= 0.3 is 5.97 Å². The van der Waals surface area contributed by atoms with Crippen molar-refractivity contribution in [2.75, 3.05) is 11.9 Å². The molecule has 29 heavy (non-hydrogen) atoms. The standard InChI is InChI=1S/C20H20FN3O4S/c1-4-28-20(27)17-14-10-29-18(22-15(25)8-11(2)3)16(14)19(26)24(23-17)13-7-5-6-12(21)9-13/h5-7,9-11H,4,8H2,1-3H3,(H,22,25). The summed E-state index contributed by atoms with van der Waals surface area (Å²) >= 11 is 1.12. The number of benzene rings is 1. The fourth-order valence-corrected chi connectivity index (χ4v) is 3.78. The van der Waals surface area contributed by atoms with Crippen LogP contribution in [0.15, 0.2) is 34.4 Å². The number of aromatic nitrogens is 2. The maximum absolute atomic E-state index is 13.7. The Labute approximate surface area is 170 Å². The van der Waals surface area contributed by atoms with Gasteiger partial charge in [-0.1, -0.05) is 19.9 Å². The number of carbonyl (C=O) groups is 2. The number of fused-ring (bicyclic) bond motifs is 1. The molecule has 0 aliphatic carbocycles. The van der Waals surface area contributed by atoms with Gasteiger partial charge in [-0.25, -0.2) is 9.18 Å². The fourth-order valence-electron chi connectivity index (χ4n) is 2.82. The molecular weight excluding hydrogens is 397 g/mol. The number of esters is 1. The SMILES string of the molecule is CCOC(=O)c1nn(-c2cccc(F)c2)c(=O)c2c(NC(=O)CC(C)C)scc12. The van der Waals surface area contributed by atoms with Crippen LogP contribution in [0, 0.1) is 11.7 Å². The summed E-state index contributed by atoms with van der Waals surface area (Å²) in [6, 6.07) is 5.31. The second-order valence-electron chi connectivity index (χ2n) is 6.77. The second kappa shape index (κ2) is 8.52. The van der Waals surface area contributed by atoms with Crippen molar-refractivity contribution in [1.29, 1.82) is 0 Å². The van der Waals surface area contributed by atoms with Gasteiger partial charge in [-0.15, -0.1) is 11.3 Å². The highest BCUT2D eigenvalue weighted by Gasteiger charge is 2.23. The van der Waals surface area contributed by atoms with E-state index in [4.69, 9.17) is 4.74 Å². The van der Waals surface area contributed by atoms with Gasteiger partial charge in [0.25, 0.3) is 5.56 Å². The van der Waals surface area contributed by atoms with E-state index in [9.17, 15) is 18.8 Å². The number of halogens is 1. The van der Waals surface area contributed by atoms with Crippen LogP contribution in [0.2, 0.25) is 0 Å². The quantitative estimate of drug-likeness (QED) is 0.617. The molecule has 9 heteroatoms. The van der Waals surface area contributed by atoms with E-state index in [0.29, 0.717) is 5.00 Å². The largest absolute Gasteiger partial charge is 0.461 e. The number of anilines is 1. The van der Waals surface area contributed by atoms with E-state index in [1.165, 1.54) is 18.2 Å². The van der Waals surface area contributed by atoms with Crippen LogP contribution in [0.3, 0.4) is 0 Å². The highest BCUT2D eigenvalue weighted by Crippen LogP contribution is 2.31. The minimum Gasteiger partial charge on any atom is -0.461 e. The monoisotopic (exact) mass is 417 g/mol. The van der Waals surface area contributed by atoms with Crippen LogP contribution < -0.4 is 10.9 Å². The molecular formula is C20H20FN3O4S. The Bertz CT molecular complexity index is 1140. The van der Waals surface area contributed by atoms with E-state index in [1.54, 1.807) is 12.3 Å². The van der Waals surface area contributed by atoms with Crippen LogP contribution in [-0.4, -0.2) is 28.3 Å². The summed E-state index contributed by atoms with van der Waals surface area (Å²) < 4.78 is 19.7. The molecule has 0 saturated carbocycles. The third kappa shape index (κ3) is 4.34. The number of carbonyl (C=O) groups excluding carboxylic acids is 2. The molecule has 0 atom stereocenters.